The van der Waals surface area contributed by atoms with Crippen LogP contribution in [0.5, 0.6) is 0 Å². The largest absolute Gasteiger partial charge is 0.434 e. The predicted octanol–water partition coefficient (Wildman–Crippen LogP) is 7.62. The second-order valence-corrected chi connectivity index (χ2v) is 15.5. The van der Waals surface area contributed by atoms with Gasteiger partial charge < -0.3 is 14.4 Å². The van der Waals surface area contributed by atoms with Crippen molar-refractivity contribution >= 4 is 28.6 Å². The number of Topliss-reactive ketones (excluding diaryl/α,β-unsaturated/α-hetero) is 1. The minimum atomic E-state index is -2.76. The van der Waals surface area contributed by atoms with Crippen molar-refractivity contribution in [3.05, 3.63) is 35.5 Å². The zero-order chi connectivity index (χ0) is 33.8. The van der Waals surface area contributed by atoms with E-state index in [0.717, 1.165) is 74.3 Å². The van der Waals surface area contributed by atoms with Crippen molar-refractivity contribution in [1.29, 1.82) is 0 Å². The molecule has 3 saturated carbocycles. The molecular weight excluding hydrogens is 621 g/mol. The summed E-state index contributed by atoms with van der Waals surface area (Å²) in [6.45, 7) is 2.20. The molecule has 3 heterocycles. The van der Waals surface area contributed by atoms with Gasteiger partial charge in [0.2, 0.25) is 11.8 Å². The number of methoxy groups -OCH3 is 1. The van der Waals surface area contributed by atoms with Gasteiger partial charge in [-0.05, 0) is 105 Å². The van der Waals surface area contributed by atoms with Gasteiger partial charge in [0.05, 0.1) is 24.3 Å². The minimum absolute atomic E-state index is 0.0108. The molecule has 3 aliphatic carbocycles. The van der Waals surface area contributed by atoms with Crippen molar-refractivity contribution in [3.8, 4) is 0 Å². The van der Waals surface area contributed by atoms with E-state index in [9.17, 15) is 27.6 Å². The number of amides is 1. The van der Waals surface area contributed by atoms with E-state index in [-0.39, 0.29) is 74.3 Å². The summed E-state index contributed by atoms with van der Waals surface area (Å²) in [5.74, 6) is -2.51. The molecule has 1 saturated heterocycles. The van der Waals surface area contributed by atoms with E-state index >= 15 is 0 Å². The van der Waals surface area contributed by atoms with E-state index in [2.05, 4.69) is 0 Å². The third-order valence-electron chi connectivity index (χ3n) is 12.8. The first-order valence-corrected chi connectivity index (χ1v) is 18.2. The molecule has 1 aromatic carbocycles. The van der Waals surface area contributed by atoms with Crippen molar-refractivity contribution in [1.82, 2.24) is 9.47 Å². The van der Waals surface area contributed by atoms with E-state index in [1.54, 1.807) is 17.7 Å². The summed E-state index contributed by atoms with van der Waals surface area (Å²) in [7, 11) is 1.75. The molecule has 10 heteroatoms. The molecule has 1 spiro atoms. The van der Waals surface area contributed by atoms with Crippen LogP contribution in [0.2, 0.25) is 0 Å². The zero-order valence-electron chi connectivity index (χ0n) is 28.2. The number of ketones is 1. The van der Waals surface area contributed by atoms with E-state index in [4.69, 9.17) is 9.47 Å². The number of benzene rings is 1. The second-order valence-electron chi connectivity index (χ2n) is 15.5. The van der Waals surface area contributed by atoms with Crippen LogP contribution >= 0.6 is 0 Å². The van der Waals surface area contributed by atoms with Crippen LogP contribution in [0, 0.1) is 29.6 Å². The Morgan fingerprint density at radius 3 is 2.35 bits per heavy atom. The molecule has 0 unspecified atom stereocenters. The Morgan fingerprint density at radius 1 is 0.979 bits per heavy atom. The molecule has 4 fully saturated rings. The monoisotopic (exact) mass is 670 g/mol. The van der Waals surface area contributed by atoms with Crippen molar-refractivity contribution in [2.24, 2.45) is 29.6 Å². The summed E-state index contributed by atoms with van der Waals surface area (Å²) in [6.07, 6.45) is 7.70. The van der Waals surface area contributed by atoms with Crippen LogP contribution in [0.25, 0.3) is 10.9 Å². The van der Waals surface area contributed by atoms with Crippen molar-refractivity contribution < 1.29 is 37.0 Å². The molecule has 262 valence electrons. The lowest BCUT2D eigenvalue weighted by molar-refractivity contribution is -0.143. The summed E-state index contributed by atoms with van der Waals surface area (Å²) in [5, 5.41) is 0.775. The minimum Gasteiger partial charge on any atom is -0.434 e. The van der Waals surface area contributed by atoms with Gasteiger partial charge >= 0.3 is 5.97 Å². The number of hydrogen-bond donors (Lipinski definition) is 0. The fourth-order valence-corrected chi connectivity index (χ4v) is 9.89. The Morgan fingerprint density at radius 2 is 1.69 bits per heavy atom. The molecule has 0 N–H and O–H groups in total. The van der Waals surface area contributed by atoms with Crippen LogP contribution in [-0.4, -0.2) is 65.5 Å². The molecule has 0 bridgehead atoms. The lowest BCUT2D eigenvalue weighted by Gasteiger charge is -2.38. The Hall–Kier alpha value is -2.88. The lowest BCUT2D eigenvalue weighted by Crippen LogP contribution is -2.48. The Bertz CT molecular complexity index is 1530. The van der Waals surface area contributed by atoms with E-state index < -0.39 is 23.7 Å². The summed E-state index contributed by atoms with van der Waals surface area (Å²) in [6, 6.07) is 6.94. The zero-order valence-corrected chi connectivity index (χ0v) is 28.2. The van der Waals surface area contributed by atoms with Crippen LogP contribution in [-0.2, 0) is 31.2 Å². The Labute approximate surface area is 280 Å². The van der Waals surface area contributed by atoms with Gasteiger partial charge in [-0.15, -0.1) is 0 Å². The molecule has 7 nitrogen and oxygen atoms in total. The van der Waals surface area contributed by atoms with Gasteiger partial charge in [0.25, 0.3) is 0 Å². The molecule has 3 atom stereocenters. The topological polar surface area (TPSA) is 77.8 Å². The number of fused-ring (bicyclic) bond motifs is 4. The molecule has 1 amide bonds. The number of halogens is 3. The highest BCUT2D eigenvalue weighted by Crippen LogP contribution is 2.49. The normalized spacial score (nSPS) is 31.9. The van der Waals surface area contributed by atoms with Crippen LogP contribution in [0.3, 0.4) is 0 Å². The highest BCUT2D eigenvalue weighted by atomic mass is 19.3. The maximum absolute atomic E-state index is 14.4. The SMILES string of the molecule is COC1CCC([C@@H]2CCN(C(=O)C3CCC([C@H](C)CF)CC3)[C@@H]2C(=O)Cc2ccc3c(c2)cc2n3C3(CCC(F)(F)CC3)OC2=O)CC1. The summed E-state index contributed by atoms with van der Waals surface area (Å²) in [4.78, 5) is 43.3. The number of ether oxygens (including phenoxy) is 2. The van der Waals surface area contributed by atoms with Crippen molar-refractivity contribution in [3.63, 3.8) is 0 Å². The average molecular weight is 671 g/mol. The van der Waals surface area contributed by atoms with Gasteiger partial charge in [-0.25, -0.2) is 13.6 Å². The number of aromatic nitrogens is 1. The molecule has 2 aliphatic heterocycles. The Balaban J connectivity index is 1.12. The predicted molar refractivity (Wildman–Crippen MR) is 174 cm³/mol. The van der Waals surface area contributed by atoms with E-state index in [1.807, 2.05) is 30.0 Å². The van der Waals surface area contributed by atoms with Gasteiger partial charge in [-0.2, -0.15) is 0 Å². The molecule has 7 rings (SSSR count). The first kappa shape index (κ1) is 33.6. The van der Waals surface area contributed by atoms with Crippen LogP contribution < -0.4 is 0 Å². The van der Waals surface area contributed by atoms with Gasteiger partial charge in [-0.3, -0.25) is 18.5 Å². The van der Waals surface area contributed by atoms with Gasteiger partial charge in [0, 0.05) is 57.1 Å². The molecule has 1 aromatic heterocycles. The van der Waals surface area contributed by atoms with Crippen molar-refractivity contribution in [2.45, 2.75) is 121 Å². The number of likely N-dealkylation sites (tertiary alicyclic amines) is 1. The maximum atomic E-state index is 14.4. The first-order valence-electron chi connectivity index (χ1n) is 18.2. The molecule has 5 aliphatic rings. The number of esters is 1. The average Bonchev–Trinajstić information content (AvgIpc) is 3.78. The summed E-state index contributed by atoms with van der Waals surface area (Å²) in [5.41, 5.74) is 0.793. The number of carbonyl (C=O) groups excluding carboxylic acids is 3. The van der Waals surface area contributed by atoms with Gasteiger partial charge in [0.1, 0.15) is 5.69 Å². The molecular formula is C38H49F3N2O5. The standard InChI is InChI=1S/C38H49F3N2O5/c1-23(22-39)25-4-6-27(7-5-25)35(45)42-18-13-30(26-8-10-29(47-2)11-9-26)34(42)33(44)20-24-3-12-31-28(19-24)21-32-36(46)48-38(43(31)32)16-14-37(40,41)15-17-38/h3,12,19,21,23,25-27,29-30,34H,4-11,13-18,20,22H2,1-2H3/t23-,25?,26?,27?,29?,30+,34+/m1/s1. The van der Waals surface area contributed by atoms with Crippen LogP contribution in [0.4, 0.5) is 13.2 Å². The fourth-order valence-electron chi connectivity index (χ4n) is 9.89. The van der Waals surface area contributed by atoms with Crippen LogP contribution in [0.1, 0.15) is 106 Å². The molecule has 48 heavy (non-hydrogen) atoms. The number of hydrogen-bond acceptors (Lipinski definition) is 5. The maximum Gasteiger partial charge on any atom is 0.357 e. The van der Waals surface area contributed by atoms with Gasteiger partial charge in [0.15, 0.2) is 11.5 Å². The second kappa shape index (κ2) is 13.1. The number of nitrogens with zero attached hydrogens (tertiary/aromatic N) is 2. The fraction of sp³-hybridized carbons (Fsp3) is 0.711. The number of carbonyl (C=O) groups is 3. The third-order valence-corrected chi connectivity index (χ3v) is 12.8. The van der Waals surface area contributed by atoms with Crippen LogP contribution in [0.15, 0.2) is 24.3 Å². The molecule has 2 aromatic rings. The van der Waals surface area contributed by atoms with E-state index in [1.165, 1.54) is 0 Å². The number of rotatable bonds is 8. The van der Waals surface area contributed by atoms with Crippen molar-refractivity contribution in [2.75, 3.05) is 20.3 Å². The van der Waals surface area contributed by atoms with Gasteiger partial charge in [-0.1, -0.05) is 13.0 Å². The first-order chi connectivity index (χ1) is 23.0. The number of alkyl halides is 3. The highest BCUT2D eigenvalue weighted by molar-refractivity contribution is 5.99. The summed E-state index contributed by atoms with van der Waals surface area (Å²) < 4.78 is 54.6. The molecule has 0 radical (unpaired) electrons. The third kappa shape index (κ3) is 6.09. The smallest absolute Gasteiger partial charge is 0.357 e. The van der Waals surface area contributed by atoms with E-state index in [0.29, 0.717) is 24.1 Å². The summed E-state index contributed by atoms with van der Waals surface area (Å²) >= 11 is 0. The quantitative estimate of drug-likeness (QED) is 0.270. The lowest BCUT2D eigenvalue weighted by atomic mass is 9.74. The Kier molecular flexibility index (Phi) is 9.18. The highest BCUT2D eigenvalue weighted by Gasteiger charge is 2.52.